The van der Waals surface area contributed by atoms with Crippen molar-refractivity contribution in [3.05, 3.63) is 69.8 Å². The number of esters is 1. The van der Waals surface area contributed by atoms with E-state index < -0.39 is 11.9 Å². The van der Waals surface area contributed by atoms with Gasteiger partial charge >= 0.3 is 11.9 Å². The Balaban J connectivity index is 2.17. The van der Waals surface area contributed by atoms with Crippen LogP contribution in [0, 0.1) is 0 Å². The fourth-order valence-corrected chi connectivity index (χ4v) is 3.29. The van der Waals surface area contributed by atoms with Gasteiger partial charge < -0.3 is 9.84 Å². The lowest BCUT2D eigenvalue weighted by Gasteiger charge is -2.07. The van der Waals surface area contributed by atoms with Gasteiger partial charge in [0.25, 0.3) is 0 Å². The summed E-state index contributed by atoms with van der Waals surface area (Å²) >= 11 is 3.41. The third-order valence-electron chi connectivity index (χ3n) is 4.33. The fourth-order valence-electron chi connectivity index (χ4n) is 3.03. The molecule has 0 spiro atoms. The van der Waals surface area contributed by atoms with E-state index in [1.807, 2.05) is 31.2 Å². The van der Waals surface area contributed by atoms with Gasteiger partial charge in [-0.1, -0.05) is 41.4 Å². The van der Waals surface area contributed by atoms with Crippen molar-refractivity contribution >= 4 is 27.9 Å². The number of hydrogen-bond acceptors (Lipinski definition) is 4. The minimum Gasteiger partial charge on any atom is -0.478 e. The molecule has 0 fully saturated rings. The first kappa shape index (κ1) is 19.8. The fraction of sp³-hybridized carbons (Fsp3) is 0.190. The van der Waals surface area contributed by atoms with Gasteiger partial charge in [-0.2, -0.15) is 5.10 Å². The highest BCUT2D eigenvalue weighted by Crippen LogP contribution is 2.29. The molecule has 144 valence electrons. The van der Waals surface area contributed by atoms with Crippen molar-refractivity contribution in [2.45, 2.75) is 19.8 Å². The summed E-state index contributed by atoms with van der Waals surface area (Å²) in [4.78, 5) is 23.7. The second-order valence-electron chi connectivity index (χ2n) is 6.18. The third-order valence-corrected chi connectivity index (χ3v) is 4.86. The standard InChI is InChI=1S/C21H19BrN2O4/c1-3-4-17-18(20(25)26)19(13-5-7-14(8-6-13)21(27)28-2)23-24(17)16-11-9-15(22)10-12-16/h5-12H,3-4H2,1-2H3,(H,25,26). The van der Waals surface area contributed by atoms with E-state index in [4.69, 9.17) is 4.74 Å². The van der Waals surface area contributed by atoms with E-state index in [9.17, 15) is 14.7 Å². The van der Waals surface area contributed by atoms with Crippen LogP contribution < -0.4 is 0 Å². The van der Waals surface area contributed by atoms with Gasteiger partial charge in [0.2, 0.25) is 0 Å². The van der Waals surface area contributed by atoms with Crippen molar-refractivity contribution < 1.29 is 19.4 Å². The molecule has 3 aromatic rings. The number of methoxy groups -OCH3 is 1. The Morgan fingerprint density at radius 2 is 1.75 bits per heavy atom. The van der Waals surface area contributed by atoms with Crippen LogP contribution in [0.1, 0.15) is 39.8 Å². The molecule has 6 nitrogen and oxygen atoms in total. The molecule has 0 aliphatic heterocycles. The van der Waals surface area contributed by atoms with Crippen molar-refractivity contribution in [1.82, 2.24) is 9.78 Å². The van der Waals surface area contributed by atoms with Gasteiger partial charge in [-0.05, 0) is 42.8 Å². The third kappa shape index (κ3) is 3.84. The SMILES string of the molecule is CCCc1c(C(=O)O)c(-c2ccc(C(=O)OC)cc2)nn1-c1ccc(Br)cc1. The van der Waals surface area contributed by atoms with Gasteiger partial charge in [-0.25, -0.2) is 14.3 Å². The minimum absolute atomic E-state index is 0.176. The highest BCUT2D eigenvalue weighted by molar-refractivity contribution is 9.10. The van der Waals surface area contributed by atoms with Gasteiger partial charge in [0.1, 0.15) is 11.3 Å². The lowest BCUT2D eigenvalue weighted by Crippen LogP contribution is -2.06. The first-order valence-electron chi connectivity index (χ1n) is 8.76. The molecule has 0 radical (unpaired) electrons. The van der Waals surface area contributed by atoms with Crippen LogP contribution in [0.4, 0.5) is 0 Å². The maximum Gasteiger partial charge on any atom is 0.339 e. The van der Waals surface area contributed by atoms with Gasteiger partial charge in [0.05, 0.1) is 24.1 Å². The molecule has 0 amide bonds. The number of carbonyl (C=O) groups excluding carboxylic acids is 1. The number of rotatable bonds is 6. The van der Waals surface area contributed by atoms with Crippen LogP contribution in [0.5, 0.6) is 0 Å². The lowest BCUT2D eigenvalue weighted by atomic mass is 10.0. The summed E-state index contributed by atoms with van der Waals surface area (Å²) < 4.78 is 7.32. The number of benzene rings is 2. The van der Waals surface area contributed by atoms with Gasteiger partial charge in [-0.15, -0.1) is 0 Å². The number of halogens is 1. The van der Waals surface area contributed by atoms with Crippen LogP contribution in [0.15, 0.2) is 53.0 Å². The average molecular weight is 443 g/mol. The summed E-state index contributed by atoms with van der Waals surface area (Å²) in [5.74, 6) is -1.48. The first-order chi connectivity index (χ1) is 13.5. The second-order valence-corrected chi connectivity index (χ2v) is 7.10. The molecule has 7 heteroatoms. The summed E-state index contributed by atoms with van der Waals surface area (Å²) in [5.41, 5.74) is 2.99. The molecule has 0 saturated carbocycles. The Hall–Kier alpha value is -2.93. The van der Waals surface area contributed by atoms with E-state index in [0.29, 0.717) is 28.9 Å². The highest BCUT2D eigenvalue weighted by atomic mass is 79.9. The number of hydrogen-bond donors (Lipinski definition) is 1. The molecule has 28 heavy (non-hydrogen) atoms. The Morgan fingerprint density at radius 1 is 1.11 bits per heavy atom. The molecule has 0 bridgehead atoms. The van der Waals surface area contributed by atoms with E-state index in [0.717, 1.165) is 16.6 Å². The van der Waals surface area contributed by atoms with Gasteiger partial charge in [0.15, 0.2) is 0 Å². The Labute approximate surface area is 170 Å². The Kier molecular flexibility index (Phi) is 5.94. The van der Waals surface area contributed by atoms with Crippen molar-refractivity contribution in [1.29, 1.82) is 0 Å². The zero-order valence-corrected chi connectivity index (χ0v) is 17.1. The molecule has 0 atom stereocenters. The maximum atomic E-state index is 12.1. The second kappa shape index (κ2) is 8.39. The predicted octanol–water partition coefficient (Wildman–Crippen LogP) is 4.74. The van der Waals surface area contributed by atoms with Crippen molar-refractivity contribution in [2.24, 2.45) is 0 Å². The van der Waals surface area contributed by atoms with Crippen LogP contribution in [0.25, 0.3) is 16.9 Å². The number of aromatic carboxylic acids is 1. The zero-order valence-electron chi connectivity index (χ0n) is 15.5. The first-order valence-corrected chi connectivity index (χ1v) is 9.55. The van der Waals surface area contributed by atoms with Gasteiger partial charge in [0, 0.05) is 10.0 Å². The quantitative estimate of drug-likeness (QED) is 0.557. The number of carboxylic acids is 1. The minimum atomic E-state index is -1.03. The molecule has 0 unspecified atom stereocenters. The summed E-state index contributed by atoms with van der Waals surface area (Å²) in [6.07, 6.45) is 1.36. The molecule has 3 rings (SSSR count). The summed E-state index contributed by atoms with van der Waals surface area (Å²) in [7, 11) is 1.32. The van der Waals surface area contributed by atoms with Gasteiger partial charge in [-0.3, -0.25) is 0 Å². The van der Waals surface area contributed by atoms with E-state index in [-0.39, 0.29) is 5.56 Å². The highest BCUT2D eigenvalue weighted by Gasteiger charge is 2.25. The monoisotopic (exact) mass is 442 g/mol. The van der Waals surface area contributed by atoms with Crippen LogP contribution in [0.2, 0.25) is 0 Å². The van der Waals surface area contributed by atoms with E-state index >= 15 is 0 Å². The van der Waals surface area contributed by atoms with Crippen LogP contribution in [-0.2, 0) is 11.2 Å². The molecule has 1 N–H and O–H groups in total. The molecule has 0 saturated heterocycles. The summed E-state index contributed by atoms with van der Waals surface area (Å²) in [5, 5.41) is 14.5. The van der Waals surface area contributed by atoms with Crippen LogP contribution in [0.3, 0.4) is 0 Å². The van der Waals surface area contributed by atoms with E-state index in [1.54, 1.807) is 28.9 Å². The van der Waals surface area contributed by atoms with E-state index in [1.165, 1.54) is 7.11 Å². The van der Waals surface area contributed by atoms with Crippen molar-refractivity contribution in [2.75, 3.05) is 7.11 Å². The molecular formula is C21H19BrN2O4. The summed E-state index contributed by atoms with van der Waals surface area (Å²) in [6.45, 7) is 2.00. The molecule has 0 aliphatic rings. The molecule has 2 aromatic carbocycles. The number of nitrogens with zero attached hydrogens (tertiary/aromatic N) is 2. The molecule has 1 heterocycles. The zero-order chi connectivity index (χ0) is 20.3. The number of carboxylic acid groups (broad SMARTS) is 1. The van der Waals surface area contributed by atoms with Crippen molar-refractivity contribution in [3.8, 4) is 16.9 Å². The maximum absolute atomic E-state index is 12.1. The molecule has 0 aliphatic carbocycles. The Bertz CT molecular complexity index is 1010. The molecular weight excluding hydrogens is 424 g/mol. The normalized spacial score (nSPS) is 10.7. The van der Waals surface area contributed by atoms with Crippen molar-refractivity contribution in [3.63, 3.8) is 0 Å². The largest absolute Gasteiger partial charge is 0.478 e. The molecule has 1 aromatic heterocycles. The van der Waals surface area contributed by atoms with E-state index in [2.05, 4.69) is 21.0 Å². The summed E-state index contributed by atoms with van der Waals surface area (Å²) in [6, 6.07) is 14.1. The van der Waals surface area contributed by atoms with Crippen LogP contribution >= 0.6 is 15.9 Å². The number of carbonyl (C=O) groups is 2. The number of aromatic nitrogens is 2. The number of ether oxygens (including phenoxy) is 1. The Morgan fingerprint density at radius 3 is 2.29 bits per heavy atom. The predicted molar refractivity (Wildman–Crippen MR) is 109 cm³/mol. The topological polar surface area (TPSA) is 81.4 Å². The smallest absolute Gasteiger partial charge is 0.339 e. The van der Waals surface area contributed by atoms with Crippen LogP contribution in [-0.4, -0.2) is 33.9 Å². The average Bonchev–Trinajstić information content (AvgIpc) is 3.08. The lowest BCUT2D eigenvalue weighted by molar-refractivity contribution is 0.0599.